The average Bonchev–Trinajstić information content (AvgIpc) is 3.72. The molecule has 3 aliphatic heterocycles. The van der Waals surface area contributed by atoms with Crippen molar-refractivity contribution in [2.75, 3.05) is 24.6 Å². The number of ether oxygens (including phenoxy) is 2. The molecule has 9 atom stereocenters. The lowest BCUT2D eigenvalue weighted by Crippen LogP contribution is -2.45. The molecule has 0 bridgehead atoms. The summed E-state index contributed by atoms with van der Waals surface area (Å²) in [5.74, 6) is -0.279. The number of imidazole rings is 2. The van der Waals surface area contributed by atoms with Crippen LogP contribution in [0.2, 0.25) is 0 Å². The highest BCUT2D eigenvalue weighted by Gasteiger charge is 2.53. The fraction of sp³-hybridized carbons (Fsp3) is 0.500. The third-order valence-corrected chi connectivity index (χ3v) is 9.30. The third kappa shape index (κ3) is 5.23. The van der Waals surface area contributed by atoms with Crippen LogP contribution in [0.25, 0.3) is 22.3 Å². The number of hydrogen-bond donors (Lipinski definition) is 6. The topological polar surface area (TPSA) is 309 Å². The Morgan fingerprint density at radius 3 is 2.51 bits per heavy atom. The number of H-pyrrole nitrogens is 1. The number of anilines is 2. The molecule has 25 heteroatoms. The number of nitrogens with zero attached hydrogens (tertiary/aromatic N) is 7. The SMILES string of the molecule is Nc1nc2c(ncn2C2OC3COP(=O)(O)OC4C(CNS(=O)(=O)OC3C2O)OC(n2cnc3c(N)ncnc32)C4F)c(=O)[nH]1. The second-order valence-electron chi connectivity index (χ2n) is 10.1. The number of rotatable bonds is 2. The second-order valence-corrected chi connectivity index (χ2v) is 12.9. The van der Waals surface area contributed by atoms with E-state index in [2.05, 4.69) is 34.6 Å². The molecular formula is C20H23FN11O11PS. The average molecular weight is 676 g/mol. The van der Waals surface area contributed by atoms with Crippen LogP contribution in [0.1, 0.15) is 12.5 Å². The number of alkyl halides is 1. The van der Waals surface area contributed by atoms with Gasteiger partial charge in [0.05, 0.1) is 19.3 Å². The van der Waals surface area contributed by atoms with Gasteiger partial charge < -0.3 is 30.9 Å². The zero-order valence-electron chi connectivity index (χ0n) is 22.4. The first-order valence-electron chi connectivity index (χ1n) is 12.9. The standard InChI is InChI=1S/C20H23FN11O11PS/c21-8-12-6(40-18(8)31-4-26-9-14(22)24-3-25-15(9)31)1-28-45(37,38)43-13-7(2-39-44(35,36)42-12)41-19(11(13)33)32-5-27-10-16(32)29-20(23)30-17(10)34/h3-8,11-13,18-19,28,33H,1-2H2,(H,35,36)(H2,22,24,25)(H3,23,29,30,34). The summed E-state index contributed by atoms with van der Waals surface area (Å²) in [6, 6.07) is 0. The summed E-state index contributed by atoms with van der Waals surface area (Å²) < 4.78 is 86.1. The van der Waals surface area contributed by atoms with Crippen molar-refractivity contribution < 1.29 is 50.1 Å². The number of nitrogens with one attached hydrogen (secondary N) is 2. The number of aromatic nitrogens is 8. The summed E-state index contributed by atoms with van der Waals surface area (Å²) in [5.41, 5.74) is 10.6. The largest absolute Gasteiger partial charge is 0.472 e. The number of halogens is 1. The van der Waals surface area contributed by atoms with E-state index in [4.69, 9.17) is 34.2 Å². The van der Waals surface area contributed by atoms with Crippen LogP contribution in [0.5, 0.6) is 0 Å². The smallest absolute Gasteiger partial charge is 0.386 e. The summed E-state index contributed by atoms with van der Waals surface area (Å²) in [6.45, 7) is -1.60. The van der Waals surface area contributed by atoms with E-state index in [1.807, 2.05) is 0 Å². The van der Waals surface area contributed by atoms with Gasteiger partial charge in [-0.05, 0) is 0 Å². The van der Waals surface area contributed by atoms with Gasteiger partial charge >= 0.3 is 18.1 Å². The molecule has 0 saturated carbocycles. The Kier molecular flexibility index (Phi) is 7.12. The van der Waals surface area contributed by atoms with Gasteiger partial charge in [-0.3, -0.25) is 28.0 Å². The van der Waals surface area contributed by atoms with Crippen LogP contribution < -0.4 is 21.7 Å². The van der Waals surface area contributed by atoms with Gasteiger partial charge in [0.1, 0.15) is 42.4 Å². The summed E-state index contributed by atoms with van der Waals surface area (Å²) >= 11 is 0. The Hall–Kier alpha value is -3.71. The molecule has 3 fully saturated rings. The quantitative estimate of drug-likeness (QED) is 0.118. The van der Waals surface area contributed by atoms with Crippen LogP contribution >= 0.6 is 7.82 Å². The highest BCUT2D eigenvalue weighted by Crippen LogP contribution is 2.50. The number of aliphatic hydroxyl groups excluding tert-OH is 1. The molecular weight excluding hydrogens is 652 g/mol. The first-order valence-corrected chi connectivity index (χ1v) is 15.8. The Morgan fingerprint density at radius 2 is 1.73 bits per heavy atom. The number of phosphoric acid groups is 1. The number of aliphatic hydroxyl groups is 1. The summed E-state index contributed by atoms with van der Waals surface area (Å²) in [4.78, 5) is 44.8. The van der Waals surface area contributed by atoms with Crippen molar-refractivity contribution in [2.24, 2.45) is 0 Å². The predicted molar refractivity (Wildman–Crippen MR) is 143 cm³/mol. The maximum atomic E-state index is 15.9. The normalized spacial score (nSPS) is 35.5. The Morgan fingerprint density at radius 1 is 1.02 bits per heavy atom. The van der Waals surface area contributed by atoms with Gasteiger partial charge in [0.25, 0.3) is 5.56 Å². The molecule has 242 valence electrons. The molecule has 22 nitrogen and oxygen atoms in total. The van der Waals surface area contributed by atoms with Crippen LogP contribution in [-0.2, 0) is 37.6 Å². The van der Waals surface area contributed by atoms with Gasteiger partial charge in [-0.25, -0.2) is 33.1 Å². The number of phosphoric ester groups is 1. The highest BCUT2D eigenvalue weighted by molar-refractivity contribution is 7.84. The van der Waals surface area contributed by atoms with Crippen molar-refractivity contribution in [3.05, 3.63) is 29.3 Å². The Labute approximate surface area is 249 Å². The molecule has 3 aliphatic rings. The van der Waals surface area contributed by atoms with Crippen molar-refractivity contribution in [2.45, 2.75) is 49.1 Å². The molecule has 9 unspecified atom stereocenters. The van der Waals surface area contributed by atoms with Crippen molar-refractivity contribution in [3.63, 3.8) is 0 Å². The van der Waals surface area contributed by atoms with E-state index < -0.39 is 86.0 Å². The van der Waals surface area contributed by atoms with Crippen molar-refractivity contribution in [3.8, 4) is 0 Å². The highest BCUT2D eigenvalue weighted by atomic mass is 32.2. The Balaban J connectivity index is 1.17. The number of nitrogen functional groups attached to an aromatic ring is 2. The monoisotopic (exact) mass is 675 g/mol. The first kappa shape index (κ1) is 30.0. The van der Waals surface area contributed by atoms with Gasteiger partial charge in [-0.15, -0.1) is 0 Å². The number of nitrogens with two attached hydrogens (primary N) is 2. The van der Waals surface area contributed by atoms with E-state index in [9.17, 15) is 27.8 Å². The van der Waals surface area contributed by atoms with Crippen molar-refractivity contribution in [1.82, 2.24) is 43.8 Å². The van der Waals surface area contributed by atoms with Crippen molar-refractivity contribution >= 4 is 52.2 Å². The molecule has 4 aromatic rings. The number of hydrogen-bond acceptors (Lipinski definition) is 17. The van der Waals surface area contributed by atoms with Gasteiger partial charge in [0.2, 0.25) is 5.95 Å². The van der Waals surface area contributed by atoms with Crippen LogP contribution in [0.4, 0.5) is 16.2 Å². The van der Waals surface area contributed by atoms with E-state index in [-0.39, 0.29) is 34.1 Å². The fourth-order valence-electron chi connectivity index (χ4n) is 5.31. The molecule has 45 heavy (non-hydrogen) atoms. The zero-order valence-corrected chi connectivity index (χ0v) is 24.1. The van der Waals surface area contributed by atoms with Crippen LogP contribution in [0, 0.1) is 0 Å². The first-order chi connectivity index (χ1) is 21.3. The summed E-state index contributed by atoms with van der Waals surface area (Å²) in [6.07, 6.45) is -10.3. The van der Waals surface area contributed by atoms with E-state index in [0.717, 1.165) is 28.1 Å². The van der Waals surface area contributed by atoms with Crippen LogP contribution in [0.15, 0.2) is 23.8 Å². The zero-order chi connectivity index (χ0) is 31.8. The molecule has 0 radical (unpaired) electrons. The van der Waals surface area contributed by atoms with Crippen molar-refractivity contribution in [1.29, 1.82) is 0 Å². The molecule has 0 aliphatic carbocycles. The van der Waals surface area contributed by atoms with E-state index in [0.29, 0.717) is 0 Å². The number of fused-ring (bicyclic) bond motifs is 4. The minimum absolute atomic E-state index is 0.000497. The molecule has 3 saturated heterocycles. The lowest BCUT2D eigenvalue weighted by Gasteiger charge is -2.26. The molecule has 7 rings (SSSR count). The molecule has 0 spiro atoms. The molecule has 8 N–H and O–H groups in total. The fourth-order valence-corrected chi connectivity index (χ4v) is 7.24. The van der Waals surface area contributed by atoms with Crippen LogP contribution in [0.3, 0.4) is 0 Å². The van der Waals surface area contributed by atoms with E-state index in [1.165, 1.54) is 0 Å². The van der Waals surface area contributed by atoms with Gasteiger partial charge in [-0.1, -0.05) is 0 Å². The third-order valence-electron chi connectivity index (χ3n) is 7.32. The lowest BCUT2D eigenvalue weighted by molar-refractivity contribution is -0.0543. The number of aromatic amines is 1. The minimum atomic E-state index is -5.12. The predicted octanol–water partition coefficient (Wildman–Crippen LogP) is -2.65. The molecule has 7 heterocycles. The van der Waals surface area contributed by atoms with Crippen LogP contribution in [-0.4, -0.2) is 107 Å². The molecule has 0 amide bonds. The van der Waals surface area contributed by atoms with Gasteiger partial charge in [-0.2, -0.15) is 18.1 Å². The summed E-state index contributed by atoms with van der Waals surface area (Å²) in [7, 11) is -9.87. The summed E-state index contributed by atoms with van der Waals surface area (Å²) in [5, 5.41) is 11.1. The maximum absolute atomic E-state index is 15.9. The minimum Gasteiger partial charge on any atom is -0.386 e. The van der Waals surface area contributed by atoms with Gasteiger partial charge in [0.15, 0.2) is 41.3 Å². The molecule has 0 aromatic carbocycles. The lowest BCUT2D eigenvalue weighted by atomic mass is 10.1. The maximum Gasteiger partial charge on any atom is 0.472 e. The second kappa shape index (κ2) is 10.7. The van der Waals surface area contributed by atoms with E-state index in [1.54, 1.807) is 0 Å². The van der Waals surface area contributed by atoms with E-state index >= 15 is 4.39 Å². The Bertz CT molecular complexity index is 2010. The molecule has 4 aromatic heterocycles. The van der Waals surface area contributed by atoms with Gasteiger partial charge in [0, 0.05) is 6.54 Å².